The lowest BCUT2D eigenvalue weighted by atomic mass is 9.98. The van der Waals surface area contributed by atoms with Crippen molar-refractivity contribution in [1.29, 1.82) is 0 Å². The van der Waals surface area contributed by atoms with E-state index in [0.29, 0.717) is 62.2 Å². The van der Waals surface area contributed by atoms with Gasteiger partial charge in [0.25, 0.3) is 0 Å². The molecule has 4 aliphatic rings. The van der Waals surface area contributed by atoms with Gasteiger partial charge in [-0.2, -0.15) is 0 Å². The molecule has 0 radical (unpaired) electrons. The van der Waals surface area contributed by atoms with Gasteiger partial charge in [0.2, 0.25) is 33.9 Å². The van der Waals surface area contributed by atoms with Crippen molar-refractivity contribution < 1.29 is 47.7 Å². The highest BCUT2D eigenvalue weighted by Crippen LogP contribution is 2.46. The van der Waals surface area contributed by atoms with Crippen molar-refractivity contribution in [3.05, 3.63) is 180 Å². The smallest absolute Gasteiger partial charge is 0.410 e. The molecule has 2 aliphatic carbocycles. The van der Waals surface area contributed by atoms with E-state index >= 15 is 0 Å². The third kappa shape index (κ3) is 16.5. The van der Waals surface area contributed by atoms with E-state index in [4.69, 9.17) is 18.9 Å². The van der Waals surface area contributed by atoms with E-state index in [0.717, 1.165) is 54.3 Å². The Hall–Kier alpha value is -10.4. The molecule has 0 saturated carbocycles. The van der Waals surface area contributed by atoms with Gasteiger partial charge in [-0.05, 0) is 178 Å². The Morgan fingerprint density at radius 3 is 1.21 bits per heavy atom. The SMILES string of the molecule is C[C@@H](OCC#CC#CCO[C@H](C)[C@H](NC(=O)[C@H](C)N(C)C(=O)OCC1c2ccccc2-c2ccccc21)C(=O)N1CCC[C@H]1Cn1nnnc1Sc1ccccc1)[C@H](NC(=O)[C@H](C)N(C)C(=O)OCC1c2ccccc2-c2ccccc21)C(=O)N1CCC[C@H]1Cn1nnnc1Sc1ccccc1. The number of amides is 6. The molecule has 6 aromatic carbocycles. The van der Waals surface area contributed by atoms with Gasteiger partial charge in [-0.1, -0.05) is 145 Å². The predicted molar refractivity (Wildman–Crippen MR) is 381 cm³/mol. The molecule has 4 heterocycles. The summed E-state index contributed by atoms with van der Waals surface area (Å²) in [5.74, 6) is 8.92. The average Bonchev–Trinajstić information content (AvgIpc) is 1.62. The molecule has 26 heteroatoms. The highest BCUT2D eigenvalue weighted by atomic mass is 32.2. The molecule has 24 nitrogen and oxygen atoms in total. The molecule has 0 bridgehead atoms. The van der Waals surface area contributed by atoms with Crippen molar-refractivity contribution in [3.63, 3.8) is 0 Å². The van der Waals surface area contributed by atoms with Gasteiger partial charge in [-0.15, -0.1) is 10.2 Å². The normalized spacial score (nSPS) is 16.8. The second-order valence-corrected chi connectivity index (χ2v) is 27.6. The zero-order valence-electron chi connectivity index (χ0n) is 57.5. The molecule has 2 fully saturated rings. The first kappa shape index (κ1) is 71.4. The Labute approximate surface area is 600 Å². The first-order chi connectivity index (χ1) is 49.6. The van der Waals surface area contributed by atoms with Crippen LogP contribution in [0.4, 0.5) is 9.59 Å². The van der Waals surface area contributed by atoms with Crippen molar-refractivity contribution in [1.82, 2.24) is 70.6 Å². The first-order valence-electron chi connectivity index (χ1n) is 34.2. The van der Waals surface area contributed by atoms with Gasteiger partial charge < -0.3 is 39.4 Å². The quantitative estimate of drug-likeness (QED) is 0.0479. The Kier molecular flexibility index (Phi) is 23.4. The highest BCUT2D eigenvalue weighted by molar-refractivity contribution is 7.99. The number of aromatic nitrogens is 8. The minimum atomic E-state index is -1.23. The molecule has 2 N–H and O–H groups in total. The van der Waals surface area contributed by atoms with Crippen molar-refractivity contribution in [2.75, 3.05) is 53.6 Å². The topological polar surface area (TPSA) is 264 Å². The van der Waals surface area contributed by atoms with E-state index in [1.165, 1.54) is 47.4 Å². The van der Waals surface area contributed by atoms with Crippen LogP contribution in [0.1, 0.15) is 87.5 Å². The van der Waals surface area contributed by atoms with Crippen LogP contribution in [0.2, 0.25) is 0 Å². The van der Waals surface area contributed by atoms with E-state index in [1.54, 1.807) is 46.9 Å². The lowest BCUT2D eigenvalue weighted by Gasteiger charge is -2.33. The molecular formula is C76H80N14O10S2. The van der Waals surface area contributed by atoms with Crippen LogP contribution in [0, 0.1) is 23.7 Å². The molecule has 102 heavy (non-hydrogen) atoms. The van der Waals surface area contributed by atoms with Crippen LogP contribution < -0.4 is 10.6 Å². The largest absolute Gasteiger partial charge is 0.448 e. The summed E-state index contributed by atoms with van der Waals surface area (Å²) in [4.78, 5) is 94.1. The molecule has 0 unspecified atom stereocenters. The van der Waals surface area contributed by atoms with Gasteiger partial charge >= 0.3 is 12.2 Å². The second-order valence-electron chi connectivity index (χ2n) is 25.6. The fourth-order valence-corrected chi connectivity index (χ4v) is 15.0. The maximum Gasteiger partial charge on any atom is 0.410 e. The third-order valence-corrected chi connectivity index (χ3v) is 21.3. The number of rotatable bonds is 26. The zero-order valence-corrected chi connectivity index (χ0v) is 59.2. The Balaban J connectivity index is 0.699. The van der Waals surface area contributed by atoms with Gasteiger partial charge in [0.1, 0.15) is 50.6 Å². The van der Waals surface area contributed by atoms with Gasteiger partial charge in [0.15, 0.2) is 0 Å². The Morgan fingerprint density at radius 2 is 0.843 bits per heavy atom. The fourth-order valence-electron chi connectivity index (χ4n) is 13.4. The third-order valence-electron chi connectivity index (χ3n) is 19.3. The summed E-state index contributed by atoms with van der Waals surface area (Å²) < 4.78 is 27.6. The number of hydrogen-bond acceptors (Lipinski definition) is 18. The first-order valence-corrected chi connectivity index (χ1v) is 35.8. The number of fused-ring (bicyclic) bond motifs is 6. The van der Waals surface area contributed by atoms with Crippen molar-refractivity contribution in [2.24, 2.45) is 0 Å². The van der Waals surface area contributed by atoms with Crippen LogP contribution in [0.3, 0.4) is 0 Å². The molecule has 12 rings (SSSR count). The number of nitrogens with one attached hydrogen (secondary N) is 2. The van der Waals surface area contributed by atoms with Crippen molar-refractivity contribution >= 4 is 59.3 Å². The summed E-state index contributed by atoms with van der Waals surface area (Å²) in [6.45, 7) is 7.56. The van der Waals surface area contributed by atoms with Crippen molar-refractivity contribution in [3.8, 4) is 45.9 Å². The number of ether oxygens (including phenoxy) is 4. The van der Waals surface area contributed by atoms with E-state index in [9.17, 15) is 28.8 Å². The number of hydrogen-bond donors (Lipinski definition) is 2. The summed E-state index contributed by atoms with van der Waals surface area (Å²) in [7, 11) is 2.97. The van der Waals surface area contributed by atoms with Crippen LogP contribution in [0.5, 0.6) is 0 Å². The highest BCUT2D eigenvalue weighted by Gasteiger charge is 2.42. The van der Waals surface area contributed by atoms with Crippen LogP contribution in [0.15, 0.2) is 178 Å². The fraction of sp³-hybridized carbons (Fsp3) is 0.368. The number of carbonyl (C=O) groups is 6. The van der Waals surface area contributed by atoms with E-state index in [-0.39, 0.29) is 50.3 Å². The summed E-state index contributed by atoms with van der Waals surface area (Å²) in [6, 6.07) is 46.2. The minimum Gasteiger partial charge on any atom is -0.448 e. The van der Waals surface area contributed by atoms with E-state index < -0.39 is 72.2 Å². The molecule has 526 valence electrons. The summed E-state index contributed by atoms with van der Waals surface area (Å²) in [5, 5.41) is 31.9. The van der Waals surface area contributed by atoms with Crippen molar-refractivity contribution in [2.45, 2.75) is 147 Å². The lowest BCUT2D eigenvalue weighted by molar-refractivity contribution is -0.142. The zero-order chi connectivity index (χ0) is 71.2. The molecule has 2 saturated heterocycles. The predicted octanol–water partition coefficient (Wildman–Crippen LogP) is 8.97. The standard InChI is InChI=1S/C76H80N14O10S2/c1-49(85(5)75(95)99-47-65-61-37-19-15-33-57(61)58-34-16-20-38-62(58)65)69(91)77-67(71(93)87-41-25-27-53(87)45-89-73(79-81-83-89)101-55-29-11-9-12-30-55)51(3)97-43-23-7-8-24-44-98-52(4)68(72(94)88-42-26-28-54(88)46-90-74(80-82-84-90)102-56-31-13-10-14-32-56)78-70(92)50(2)86(6)76(96)100-48-66-63-39-21-17-35-59(63)60-36-18-22-40-64(60)66/h9-22,29-40,49-54,65-68H,25-28,41-48H2,1-6H3,(H,77,91)(H,78,92)/t49-,50-,51+,52+,53-,54-,67-,68-/m0/s1. The maximum absolute atomic E-state index is 15.0. The molecule has 8 aromatic rings. The lowest BCUT2D eigenvalue weighted by Crippen LogP contribution is -2.58. The second kappa shape index (κ2) is 33.4. The van der Waals surface area contributed by atoms with Gasteiger partial charge in [-0.25, -0.2) is 19.0 Å². The number of benzene rings is 6. The van der Waals surface area contributed by atoms with E-state index in [2.05, 4.69) is 89.6 Å². The van der Waals surface area contributed by atoms with Crippen LogP contribution in [-0.2, 0) is 51.2 Å². The molecule has 2 aromatic heterocycles. The van der Waals surface area contributed by atoms with Gasteiger partial charge in [0, 0.05) is 48.8 Å². The molecular weight excluding hydrogens is 1330 g/mol. The number of carbonyl (C=O) groups excluding carboxylic acids is 6. The molecule has 0 spiro atoms. The minimum absolute atomic E-state index is 0.0505. The van der Waals surface area contributed by atoms with Crippen LogP contribution in [0.25, 0.3) is 22.3 Å². The summed E-state index contributed by atoms with van der Waals surface area (Å²) in [5.41, 5.74) is 8.52. The number of likely N-dealkylation sites (N-methyl/N-ethyl adjacent to an activating group) is 2. The number of likely N-dealkylation sites (tertiary alicyclic amines) is 2. The van der Waals surface area contributed by atoms with Crippen LogP contribution >= 0.6 is 23.5 Å². The van der Waals surface area contributed by atoms with Crippen LogP contribution in [-0.4, -0.2) is 198 Å². The molecule has 2 aliphatic heterocycles. The van der Waals surface area contributed by atoms with Gasteiger partial charge in [-0.3, -0.25) is 29.0 Å². The number of nitrogens with zero attached hydrogens (tertiary/aromatic N) is 12. The monoisotopic (exact) mass is 1410 g/mol. The average molecular weight is 1410 g/mol. The number of tetrazole rings is 2. The van der Waals surface area contributed by atoms with Gasteiger partial charge in [0.05, 0.1) is 37.4 Å². The molecule has 6 amide bonds. The summed E-state index contributed by atoms with van der Waals surface area (Å²) in [6.07, 6.45) is -0.627. The molecule has 8 atom stereocenters. The maximum atomic E-state index is 15.0. The Bertz CT molecular complexity index is 4070. The van der Waals surface area contributed by atoms with E-state index in [1.807, 2.05) is 133 Å². The summed E-state index contributed by atoms with van der Waals surface area (Å²) >= 11 is 2.81. The Morgan fingerprint density at radius 1 is 0.500 bits per heavy atom.